The Balaban J connectivity index is 2.58. The maximum atomic E-state index is 11.1. The Hall–Kier alpha value is -2.34. The van der Waals surface area contributed by atoms with Crippen molar-refractivity contribution in [1.82, 2.24) is 14.9 Å². The third-order valence-electron chi connectivity index (χ3n) is 1.49. The predicted octanol–water partition coefficient (Wildman–Crippen LogP) is -0.605. The van der Waals surface area contributed by atoms with Crippen molar-refractivity contribution in [2.45, 2.75) is 6.54 Å². The molecule has 0 aliphatic heterocycles. The summed E-state index contributed by atoms with van der Waals surface area (Å²) in [6.07, 6.45) is 2.97. The summed E-state index contributed by atoms with van der Waals surface area (Å²) in [6.45, 7) is -0.0278. The molecule has 1 heterocycles. The molecular formula is C8H7N5O. The molecule has 0 aliphatic carbocycles. The molecule has 70 valence electrons. The average Bonchev–Trinajstić information content (AvgIpc) is 2.62. The number of aromatic nitrogens is 2. The van der Waals surface area contributed by atoms with Crippen molar-refractivity contribution in [2.75, 3.05) is 6.54 Å². The second-order valence-electron chi connectivity index (χ2n) is 2.43. The SMILES string of the molecule is N#CCNC(=O)Cn1ccnc1C#N. The normalized spacial score (nSPS) is 8.71. The molecule has 0 radical (unpaired) electrons. The Labute approximate surface area is 80.4 Å². The van der Waals surface area contributed by atoms with Crippen LogP contribution in [0.4, 0.5) is 0 Å². The first kappa shape index (κ1) is 9.75. The molecule has 0 fully saturated rings. The van der Waals surface area contributed by atoms with Crippen LogP contribution in [0.1, 0.15) is 5.82 Å². The van der Waals surface area contributed by atoms with E-state index in [0.717, 1.165) is 0 Å². The summed E-state index contributed by atoms with van der Waals surface area (Å²) in [7, 11) is 0. The molecule has 6 heteroatoms. The summed E-state index contributed by atoms with van der Waals surface area (Å²) >= 11 is 0. The highest BCUT2D eigenvalue weighted by Crippen LogP contribution is 1.94. The fourth-order valence-electron chi connectivity index (χ4n) is 0.899. The van der Waals surface area contributed by atoms with Crippen molar-refractivity contribution >= 4 is 5.91 Å². The van der Waals surface area contributed by atoms with E-state index in [2.05, 4.69) is 10.3 Å². The molecular weight excluding hydrogens is 182 g/mol. The first-order valence-electron chi connectivity index (χ1n) is 3.83. The van der Waals surface area contributed by atoms with Crippen LogP contribution in [0.3, 0.4) is 0 Å². The van der Waals surface area contributed by atoms with Crippen molar-refractivity contribution in [3.05, 3.63) is 18.2 Å². The van der Waals surface area contributed by atoms with Gasteiger partial charge in [0.15, 0.2) is 0 Å². The summed E-state index contributed by atoms with van der Waals surface area (Å²) < 4.78 is 1.41. The van der Waals surface area contributed by atoms with E-state index in [1.807, 2.05) is 6.07 Å². The number of imidazole rings is 1. The number of hydrogen-bond acceptors (Lipinski definition) is 4. The van der Waals surface area contributed by atoms with Gasteiger partial charge in [-0.25, -0.2) is 4.98 Å². The second-order valence-corrected chi connectivity index (χ2v) is 2.43. The van der Waals surface area contributed by atoms with Gasteiger partial charge in [0, 0.05) is 12.4 Å². The first-order chi connectivity index (χ1) is 6.77. The number of rotatable bonds is 3. The van der Waals surface area contributed by atoms with E-state index in [9.17, 15) is 4.79 Å². The minimum atomic E-state index is -0.318. The van der Waals surface area contributed by atoms with Gasteiger partial charge < -0.3 is 9.88 Å². The van der Waals surface area contributed by atoms with Crippen LogP contribution >= 0.6 is 0 Å². The molecule has 1 amide bonds. The number of nitrogens with one attached hydrogen (secondary N) is 1. The lowest BCUT2D eigenvalue weighted by molar-refractivity contribution is -0.121. The third-order valence-corrected chi connectivity index (χ3v) is 1.49. The number of amides is 1. The molecule has 14 heavy (non-hydrogen) atoms. The summed E-state index contributed by atoms with van der Waals surface area (Å²) in [6, 6.07) is 3.63. The lowest BCUT2D eigenvalue weighted by Crippen LogP contribution is -2.27. The van der Waals surface area contributed by atoms with Crippen LogP contribution in [0.15, 0.2) is 12.4 Å². The highest BCUT2D eigenvalue weighted by molar-refractivity contribution is 5.76. The van der Waals surface area contributed by atoms with Crippen LogP contribution in [0.5, 0.6) is 0 Å². The summed E-state index contributed by atoms with van der Waals surface area (Å²) in [5.41, 5.74) is 0. The van der Waals surface area contributed by atoms with Gasteiger partial charge in [0.2, 0.25) is 11.7 Å². The van der Waals surface area contributed by atoms with Crippen LogP contribution in [0.25, 0.3) is 0 Å². The van der Waals surface area contributed by atoms with E-state index in [1.54, 1.807) is 6.07 Å². The minimum Gasteiger partial charge on any atom is -0.341 e. The zero-order valence-corrected chi connectivity index (χ0v) is 7.27. The average molecular weight is 189 g/mol. The third kappa shape index (κ3) is 2.32. The Morgan fingerprint density at radius 3 is 3.07 bits per heavy atom. The van der Waals surface area contributed by atoms with Gasteiger partial charge >= 0.3 is 0 Å². The number of carbonyl (C=O) groups is 1. The van der Waals surface area contributed by atoms with E-state index in [-0.39, 0.29) is 24.8 Å². The van der Waals surface area contributed by atoms with E-state index < -0.39 is 0 Å². The highest BCUT2D eigenvalue weighted by Gasteiger charge is 2.05. The molecule has 0 spiro atoms. The molecule has 0 aromatic carbocycles. The summed E-state index contributed by atoms with van der Waals surface area (Å²) in [5, 5.41) is 19.1. The Morgan fingerprint density at radius 1 is 1.64 bits per heavy atom. The zero-order chi connectivity index (χ0) is 10.4. The lowest BCUT2D eigenvalue weighted by atomic mass is 10.5. The Bertz CT molecular complexity index is 408. The predicted molar refractivity (Wildman–Crippen MR) is 45.6 cm³/mol. The van der Waals surface area contributed by atoms with Crippen LogP contribution < -0.4 is 5.32 Å². The molecule has 0 unspecified atom stereocenters. The van der Waals surface area contributed by atoms with Crippen molar-refractivity contribution in [1.29, 1.82) is 10.5 Å². The van der Waals surface area contributed by atoms with Crippen LogP contribution in [-0.2, 0) is 11.3 Å². The molecule has 6 nitrogen and oxygen atoms in total. The van der Waals surface area contributed by atoms with Gasteiger partial charge in [0.05, 0.1) is 6.07 Å². The molecule has 0 aliphatic rings. The highest BCUT2D eigenvalue weighted by atomic mass is 16.1. The summed E-state index contributed by atoms with van der Waals surface area (Å²) in [4.78, 5) is 14.8. The monoisotopic (exact) mass is 189 g/mol. The number of nitriles is 2. The number of carbonyl (C=O) groups excluding carboxylic acids is 1. The molecule has 0 saturated heterocycles. The summed E-state index contributed by atoms with van der Waals surface area (Å²) in [5.74, 6) is -0.141. The van der Waals surface area contributed by atoms with Crippen LogP contribution in [0, 0.1) is 22.7 Å². The Morgan fingerprint density at radius 2 is 2.43 bits per heavy atom. The molecule has 0 bridgehead atoms. The molecule has 0 atom stereocenters. The maximum absolute atomic E-state index is 11.1. The zero-order valence-electron chi connectivity index (χ0n) is 7.27. The van der Waals surface area contributed by atoms with Crippen molar-refractivity contribution in [3.8, 4) is 12.1 Å². The first-order valence-corrected chi connectivity index (χ1v) is 3.83. The van der Waals surface area contributed by atoms with Crippen molar-refractivity contribution < 1.29 is 4.79 Å². The van der Waals surface area contributed by atoms with Crippen LogP contribution in [-0.4, -0.2) is 22.0 Å². The van der Waals surface area contributed by atoms with Gasteiger partial charge in [-0.15, -0.1) is 0 Å². The molecule has 1 aromatic heterocycles. The smallest absolute Gasteiger partial charge is 0.240 e. The van der Waals surface area contributed by atoms with Gasteiger partial charge in [0.1, 0.15) is 19.2 Å². The molecule has 1 rings (SSSR count). The number of nitrogens with zero attached hydrogens (tertiary/aromatic N) is 4. The Kier molecular flexibility index (Phi) is 3.22. The van der Waals surface area contributed by atoms with Gasteiger partial charge in [-0.05, 0) is 0 Å². The van der Waals surface area contributed by atoms with Crippen molar-refractivity contribution in [2.24, 2.45) is 0 Å². The van der Waals surface area contributed by atoms with Crippen molar-refractivity contribution in [3.63, 3.8) is 0 Å². The maximum Gasteiger partial charge on any atom is 0.240 e. The minimum absolute atomic E-state index is 0.00454. The molecule has 1 aromatic rings. The fraction of sp³-hybridized carbons (Fsp3) is 0.250. The van der Waals surface area contributed by atoms with E-state index in [1.165, 1.54) is 17.0 Å². The largest absolute Gasteiger partial charge is 0.341 e. The van der Waals surface area contributed by atoms with E-state index in [4.69, 9.17) is 10.5 Å². The van der Waals surface area contributed by atoms with Gasteiger partial charge in [-0.3, -0.25) is 4.79 Å². The quantitative estimate of drug-likeness (QED) is 0.642. The van der Waals surface area contributed by atoms with Gasteiger partial charge in [-0.1, -0.05) is 0 Å². The fourth-order valence-corrected chi connectivity index (χ4v) is 0.899. The van der Waals surface area contributed by atoms with Gasteiger partial charge in [0.25, 0.3) is 0 Å². The van der Waals surface area contributed by atoms with E-state index in [0.29, 0.717) is 0 Å². The molecule has 0 saturated carbocycles. The second kappa shape index (κ2) is 4.63. The van der Waals surface area contributed by atoms with E-state index >= 15 is 0 Å². The number of hydrogen-bond donors (Lipinski definition) is 1. The lowest BCUT2D eigenvalue weighted by Gasteiger charge is -2.02. The van der Waals surface area contributed by atoms with Crippen LogP contribution in [0.2, 0.25) is 0 Å². The standard InChI is InChI=1S/C8H7N5O/c9-1-2-12-8(14)6-13-4-3-11-7(13)5-10/h3-4H,2,6H2,(H,12,14). The topological polar surface area (TPSA) is 94.5 Å². The molecule has 1 N–H and O–H groups in total. The van der Waals surface area contributed by atoms with Gasteiger partial charge in [-0.2, -0.15) is 10.5 Å².